The zero-order valence-electron chi connectivity index (χ0n) is 11.4. The maximum atomic E-state index is 12.2. The maximum absolute atomic E-state index is 12.2. The summed E-state index contributed by atoms with van der Waals surface area (Å²) in [6.45, 7) is 0. The predicted molar refractivity (Wildman–Crippen MR) is 91.2 cm³/mol. The number of carbonyl (C=O) groups excluding carboxylic acids is 1. The van der Waals surface area contributed by atoms with Crippen LogP contribution in [0.15, 0.2) is 18.2 Å². The Balaban J connectivity index is 2.09. The average molecular weight is 346 g/mol. The zero-order chi connectivity index (χ0) is 15.5. The number of carbonyl (C=O) groups is 1. The van der Waals surface area contributed by atoms with Gasteiger partial charge in [0.2, 0.25) is 0 Å². The molecule has 1 aliphatic rings. The Kier molecular flexibility index (Phi) is 5.30. The molecule has 0 radical (unpaired) electrons. The molecule has 1 aliphatic carbocycles. The van der Waals surface area contributed by atoms with E-state index in [0.29, 0.717) is 20.7 Å². The van der Waals surface area contributed by atoms with Crippen molar-refractivity contribution >= 4 is 52.1 Å². The Labute approximate surface area is 139 Å². The number of anilines is 1. The minimum Gasteiger partial charge on any atom is -0.391 e. The van der Waals surface area contributed by atoms with Crippen LogP contribution in [0.5, 0.6) is 0 Å². The number of urea groups is 1. The Morgan fingerprint density at radius 1 is 1.24 bits per heavy atom. The first-order chi connectivity index (χ1) is 9.93. The normalized spacial score (nSPS) is 17.0. The summed E-state index contributed by atoms with van der Waals surface area (Å²) in [5, 5.41) is 6.52. The van der Waals surface area contributed by atoms with Crippen LogP contribution in [0.25, 0.3) is 0 Å². The van der Waals surface area contributed by atoms with E-state index in [9.17, 15) is 4.79 Å². The molecule has 0 spiro atoms. The lowest BCUT2D eigenvalue weighted by atomic mass is 9.81. The second-order valence-electron chi connectivity index (χ2n) is 5.21. The summed E-state index contributed by atoms with van der Waals surface area (Å²) in [7, 11) is 0. The van der Waals surface area contributed by atoms with Gasteiger partial charge in [0.15, 0.2) is 0 Å². The lowest BCUT2D eigenvalue weighted by molar-refractivity contribution is 0.236. The number of amides is 2. The van der Waals surface area contributed by atoms with Crippen LogP contribution < -0.4 is 16.4 Å². The second-order valence-corrected chi connectivity index (χ2v) is 6.49. The van der Waals surface area contributed by atoms with Crippen molar-refractivity contribution in [3.63, 3.8) is 0 Å². The quantitative estimate of drug-likeness (QED) is 0.722. The summed E-state index contributed by atoms with van der Waals surface area (Å²) in [6, 6.07) is 4.50. The molecule has 114 valence electrons. The maximum Gasteiger partial charge on any atom is 0.320 e. The number of halogens is 2. The summed E-state index contributed by atoms with van der Waals surface area (Å²) in [4.78, 5) is 12.5. The van der Waals surface area contributed by atoms with Gasteiger partial charge in [0, 0.05) is 5.02 Å². The molecule has 0 saturated heterocycles. The van der Waals surface area contributed by atoms with E-state index in [4.69, 9.17) is 41.2 Å². The van der Waals surface area contributed by atoms with Crippen molar-refractivity contribution in [1.29, 1.82) is 0 Å². The largest absolute Gasteiger partial charge is 0.391 e. The first-order valence-electron chi connectivity index (χ1n) is 6.77. The number of thiocarbonyl (C=S) groups is 1. The smallest absolute Gasteiger partial charge is 0.320 e. The Morgan fingerprint density at radius 2 is 1.90 bits per heavy atom. The highest BCUT2D eigenvalue weighted by Crippen LogP contribution is 2.29. The highest BCUT2D eigenvalue weighted by atomic mass is 35.5. The number of hydrogen-bond donors (Lipinski definition) is 3. The van der Waals surface area contributed by atoms with Gasteiger partial charge in [-0.2, -0.15) is 0 Å². The molecule has 0 aliphatic heterocycles. The average Bonchev–Trinajstić information content (AvgIpc) is 2.43. The summed E-state index contributed by atoms with van der Waals surface area (Å²) < 4.78 is 0. The molecule has 0 heterocycles. The lowest BCUT2D eigenvalue weighted by Crippen LogP contribution is -2.58. The van der Waals surface area contributed by atoms with Gasteiger partial charge in [-0.15, -0.1) is 0 Å². The molecule has 21 heavy (non-hydrogen) atoms. The van der Waals surface area contributed by atoms with Crippen molar-refractivity contribution in [3.8, 4) is 0 Å². The van der Waals surface area contributed by atoms with Gasteiger partial charge < -0.3 is 16.4 Å². The molecule has 0 atom stereocenters. The molecular weight excluding hydrogens is 329 g/mol. The summed E-state index contributed by atoms with van der Waals surface area (Å²) in [5.41, 5.74) is 5.69. The van der Waals surface area contributed by atoms with Crippen LogP contribution in [0.1, 0.15) is 32.1 Å². The Morgan fingerprint density at radius 3 is 2.52 bits per heavy atom. The highest BCUT2D eigenvalue weighted by molar-refractivity contribution is 7.80. The van der Waals surface area contributed by atoms with Crippen molar-refractivity contribution in [1.82, 2.24) is 5.32 Å². The van der Waals surface area contributed by atoms with E-state index in [0.717, 1.165) is 32.1 Å². The van der Waals surface area contributed by atoms with Crippen LogP contribution in [-0.2, 0) is 0 Å². The van der Waals surface area contributed by atoms with E-state index in [1.54, 1.807) is 18.2 Å². The van der Waals surface area contributed by atoms with E-state index in [-0.39, 0.29) is 6.03 Å². The molecule has 0 bridgehead atoms. The van der Waals surface area contributed by atoms with Gasteiger partial charge in [0.1, 0.15) is 0 Å². The summed E-state index contributed by atoms with van der Waals surface area (Å²) >= 11 is 17.1. The molecule has 1 aromatic rings. The van der Waals surface area contributed by atoms with Gasteiger partial charge in [-0.25, -0.2) is 4.79 Å². The van der Waals surface area contributed by atoms with Crippen LogP contribution in [0, 0.1) is 0 Å². The van der Waals surface area contributed by atoms with Gasteiger partial charge >= 0.3 is 6.03 Å². The fraction of sp³-hybridized carbons (Fsp3) is 0.429. The number of rotatable bonds is 3. The molecule has 7 heteroatoms. The van der Waals surface area contributed by atoms with Crippen LogP contribution in [0.4, 0.5) is 10.5 Å². The number of hydrogen-bond acceptors (Lipinski definition) is 2. The molecule has 1 fully saturated rings. The predicted octanol–water partition coefficient (Wildman–Crippen LogP) is 4.10. The van der Waals surface area contributed by atoms with Gasteiger partial charge in [0.25, 0.3) is 0 Å². The minimum atomic E-state index is -0.608. The monoisotopic (exact) mass is 345 g/mol. The minimum absolute atomic E-state index is 0.328. The van der Waals surface area contributed by atoms with E-state index in [2.05, 4.69) is 10.6 Å². The van der Waals surface area contributed by atoms with Crippen molar-refractivity contribution in [2.24, 2.45) is 5.73 Å². The van der Waals surface area contributed by atoms with Gasteiger partial charge in [-0.3, -0.25) is 0 Å². The van der Waals surface area contributed by atoms with Crippen molar-refractivity contribution in [3.05, 3.63) is 28.2 Å². The number of nitrogens with one attached hydrogen (secondary N) is 2. The Bertz CT molecular complexity index is 559. The lowest BCUT2D eigenvalue weighted by Gasteiger charge is -2.37. The first-order valence-corrected chi connectivity index (χ1v) is 7.93. The van der Waals surface area contributed by atoms with Crippen molar-refractivity contribution in [2.75, 3.05) is 5.32 Å². The molecule has 2 rings (SSSR count). The van der Waals surface area contributed by atoms with Crippen LogP contribution in [-0.4, -0.2) is 16.6 Å². The van der Waals surface area contributed by atoms with Gasteiger partial charge in [0.05, 0.1) is 21.2 Å². The fourth-order valence-corrected chi connectivity index (χ4v) is 3.14. The van der Waals surface area contributed by atoms with Crippen molar-refractivity contribution < 1.29 is 4.79 Å². The molecule has 1 aromatic carbocycles. The molecule has 0 aromatic heterocycles. The van der Waals surface area contributed by atoms with Crippen LogP contribution in [0.3, 0.4) is 0 Å². The SMILES string of the molecule is NC(=S)C1(NC(=O)Nc2cc(Cl)ccc2Cl)CCCCC1. The molecule has 4 N–H and O–H groups in total. The van der Waals surface area contributed by atoms with E-state index in [1.165, 1.54) is 0 Å². The topological polar surface area (TPSA) is 67.1 Å². The van der Waals surface area contributed by atoms with Crippen LogP contribution in [0.2, 0.25) is 10.0 Å². The molecule has 2 amide bonds. The zero-order valence-corrected chi connectivity index (χ0v) is 13.7. The number of nitrogens with two attached hydrogens (primary N) is 1. The molecule has 4 nitrogen and oxygen atoms in total. The fourth-order valence-electron chi connectivity index (χ4n) is 2.55. The molecule has 0 unspecified atom stereocenters. The van der Waals surface area contributed by atoms with E-state index >= 15 is 0 Å². The van der Waals surface area contributed by atoms with Gasteiger partial charge in [-0.05, 0) is 31.0 Å². The number of benzene rings is 1. The first kappa shape index (κ1) is 16.3. The third kappa shape index (κ3) is 3.99. The summed E-state index contributed by atoms with van der Waals surface area (Å²) in [5.74, 6) is 0. The third-order valence-corrected chi connectivity index (χ3v) is 4.66. The second kappa shape index (κ2) is 6.81. The van der Waals surface area contributed by atoms with Crippen molar-refractivity contribution in [2.45, 2.75) is 37.6 Å². The molecule has 1 saturated carbocycles. The molecular formula is C14H17Cl2N3OS. The standard InChI is InChI=1S/C14H17Cl2N3OS/c15-9-4-5-10(16)11(8-9)18-13(20)19-14(12(17)21)6-2-1-3-7-14/h4-5,8H,1-3,6-7H2,(H2,17,21)(H2,18,19,20). The highest BCUT2D eigenvalue weighted by Gasteiger charge is 2.36. The van der Waals surface area contributed by atoms with E-state index in [1.807, 2.05) is 0 Å². The van der Waals surface area contributed by atoms with E-state index < -0.39 is 5.54 Å². The summed E-state index contributed by atoms with van der Waals surface area (Å²) in [6.07, 6.45) is 4.65. The van der Waals surface area contributed by atoms with Crippen LogP contribution >= 0.6 is 35.4 Å². The Hall–Kier alpha value is -1.04. The van der Waals surface area contributed by atoms with Gasteiger partial charge in [-0.1, -0.05) is 54.7 Å². The third-order valence-electron chi connectivity index (χ3n) is 3.71.